The summed E-state index contributed by atoms with van der Waals surface area (Å²) in [6.45, 7) is 0. The summed E-state index contributed by atoms with van der Waals surface area (Å²) in [5.74, 6) is -0.969. The molecule has 0 saturated heterocycles. The number of carbonyl (C=O) groups excluding carboxylic acids is 1. The highest BCUT2D eigenvalue weighted by Crippen LogP contribution is 2.13. The van der Waals surface area contributed by atoms with Crippen LogP contribution in [0.5, 0.6) is 0 Å². The van der Waals surface area contributed by atoms with E-state index < -0.39 is 11.7 Å². The van der Waals surface area contributed by atoms with Crippen molar-refractivity contribution in [2.45, 2.75) is 0 Å². The molecule has 6 heteroatoms. The van der Waals surface area contributed by atoms with Crippen LogP contribution < -0.4 is 5.32 Å². The zero-order valence-corrected chi connectivity index (χ0v) is 13.1. The molecule has 1 N–H and O–H groups in total. The van der Waals surface area contributed by atoms with Gasteiger partial charge in [-0.2, -0.15) is 10.4 Å². The lowest BCUT2D eigenvalue weighted by Gasteiger charge is -2.03. The third kappa shape index (κ3) is 3.98. The van der Waals surface area contributed by atoms with Crippen molar-refractivity contribution in [3.63, 3.8) is 0 Å². The lowest BCUT2D eigenvalue weighted by Crippen LogP contribution is -2.13. The van der Waals surface area contributed by atoms with Gasteiger partial charge in [0.2, 0.25) is 0 Å². The maximum atomic E-state index is 12.9. The van der Waals surface area contributed by atoms with Crippen molar-refractivity contribution in [1.82, 2.24) is 9.78 Å². The smallest absolute Gasteiger partial charge is 0.266 e. The van der Waals surface area contributed by atoms with E-state index in [9.17, 15) is 14.4 Å². The molecule has 0 spiro atoms. The Morgan fingerprint density at radius 2 is 1.88 bits per heavy atom. The van der Waals surface area contributed by atoms with Gasteiger partial charge in [0, 0.05) is 17.4 Å². The summed E-state index contributed by atoms with van der Waals surface area (Å²) in [5, 5.41) is 16.0. The van der Waals surface area contributed by atoms with E-state index in [1.54, 1.807) is 17.1 Å². The average Bonchev–Trinajstić information content (AvgIpc) is 3.11. The molecule has 0 saturated carbocycles. The minimum atomic E-state index is -0.568. The van der Waals surface area contributed by atoms with Crippen LogP contribution in [0.4, 0.5) is 10.1 Å². The molecule has 0 unspecified atom stereocenters. The number of anilines is 1. The van der Waals surface area contributed by atoms with Gasteiger partial charge in [-0.3, -0.25) is 4.79 Å². The van der Waals surface area contributed by atoms with E-state index in [0.29, 0.717) is 11.3 Å². The maximum absolute atomic E-state index is 12.9. The quantitative estimate of drug-likeness (QED) is 0.586. The van der Waals surface area contributed by atoms with E-state index >= 15 is 0 Å². The van der Waals surface area contributed by atoms with Crippen LogP contribution in [0.25, 0.3) is 11.8 Å². The molecule has 0 bridgehead atoms. The molecule has 3 aromatic rings. The molecule has 3 rings (SSSR count). The molecule has 0 fully saturated rings. The second-order valence-corrected chi connectivity index (χ2v) is 5.18. The van der Waals surface area contributed by atoms with E-state index in [0.717, 1.165) is 5.69 Å². The molecule has 0 aliphatic carbocycles. The SMILES string of the molecule is N#C/C(=C\c1cnn(-c2ccccc2)c1)C(=O)Nc1ccc(F)cc1. The Morgan fingerprint density at radius 1 is 1.16 bits per heavy atom. The Balaban J connectivity index is 1.78. The first-order chi connectivity index (χ1) is 12.2. The van der Waals surface area contributed by atoms with Crippen LogP contribution in [-0.2, 0) is 4.79 Å². The van der Waals surface area contributed by atoms with Gasteiger partial charge < -0.3 is 5.32 Å². The van der Waals surface area contributed by atoms with Crippen LogP contribution in [0.15, 0.2) is 72.6 Å². The van der Waals surface area contributed by atoms with Gasteiger partial charge in [0.25, 0.3) is 5.91 Å². The van der Waals surface area contributed by atoms with Crippen LogP contribution in [0, 0.1) is 17.1 Å². The zero-order chi connectivity index (χ0) is 17.6. The van der Waals surface area contributed by atoms with Crippen molar-refractivity contribution < 1.29 is 9.18 Å². The van der Waals surface area contributed by atoms with Crippen molar-refractivity contribution in [2.75, 3.05) is 5.32 Å². The van der Waals surface area contributed by atoms with Gasteiger partial charge in [-0.25, -0.2) is 9.07 Å². The van der Waals surface area contributed by atoms with Crippen molar-refractivity contribution >= 4 is 17.7 Å². The Morgan fingerprint density at radius 3 is 2.56 bits per heavy atom. The average molecular weight is 332 g/mol. The minimum absolute atomic E-state index is 0.0723. The van der Waals surface area contributed by atoms with Crippen molar-refractivity contribution in [1.29, 1.82) is 5.26 Å². The topological polar surface area (TPSA) is 70.7 Å². The van der Waals surface area contributed by atoms with Crippen LogP contribution in [0.1, 0.15) is 5.56 Å². The number of para-hydroxylation sites is 1. The molecule has 2 aromatic carbocycles. The number of benzene rings is 2. The maximum Gasteiger partial charge on any atom is 0.266 e. The largest absolute Gasteiger partial charge is 0.321 e. The molecule has 1 aromatic heterocycles. The standard InChI is InChI=1S/C19H13FN4O/c20-16-6-8-17(9-7-16)23-19(25)15(11-21)10-14-12-22-24(13-14)18-4-2-1-3-5-18/h1-10,12-13H,(H,23,25)/b15-10+. The van der Waals surface area contributed by atoms with Crippen LogP contribution in [0.3, 0.4) is 0 Å². The molecule has 122 valence electrons. The third-order valence-corrected chi connectivity index (χ3v) is 3.40. The highest BCUT2D eigenvalue weighted by atomic mass is 19.1. The number of amides is 1. The summed E-state index contributed by atoms with van der Waals surface area (Å²) in [4.78, 5) is 12.2. The van der Waals surface area contributed by atoms with Crippen molar-refractivity contribution in [3.05, 3.63) is 83.9 Å². The highest BCUT2D eigenvalue weighted by Gasteiger charge is 2.10. The summed E-state index contributed by atoms with van der Waals surface area (Å²) in [6, 6.07) is 16.7. The van der Waals surface area contributed by atoms with Gasteiger partial charge in [0.05, 0.1) is 11.9 Å². The minimum Gasteiger partial charge on any atom is -0.321 e. The van der Waals surface area contributed by atoms with Gasteiger partial charge in [0.1, 0.15) is 17.5 Å². The Bertz CT molecular complexity index is 953. The van der Waals surface area contributed by atoms with Gasteiger partial charge in [-0.15, -0.1) is 0 Å². The van der Waals surface area contributed by atoms with E-state index in [1.807, 2.05) is 36.4 Å². The fourth-order valence-electron chi connectivity index (χ4n) is 2.18. The fraction of sp³-hybridized carbons (Fsp3) is 0. The van der Waals surface area contributed by atoms with Gasteiger partial charge in [-0.05, 0) is 42.5 Å². The number of hydrogen-bond donors (Lipinski definition) is 1. The summed E-state index contributed by atoms with van der Waals surface area (Å²) in [5.41, 5.74) is 1.83. The normalized spacial score (nSPS) is 11.0. The van der Waals surface area contributed by atoms with E-state index in [4.69, 9.17) is 0 Å². The fourth-order valence-corrected chi connectivity index (χ4v) is 2.18. The second-order valence-electron chi connectivity index (χ2n) is 5.18. The molecule has 1 heterocycles. The summed E-state index contributed by atoms with van der Waals surface area (Å²) >= 11 is 0. The molecule has 0 aliphatic heterocycles. The van der Waals surface area contributed by atoms with Gasteiger partial charge in [-0.1, -0.05) is 18.2 Å². The lowest BCUT2D eigenvalue weighted by atomic mass is 10.2. The lowest BCUT2D eigenvalue weighted by molar-refractivity contribution is -0.112. The van der Waals surface area contributed by atoms with Crippen molar-refractivity contribution in [2.24, 2.45) is 0 Å². The predicted octanol–water partition coefficient (Wildman–Crippen LogP) is 3.56. The molecule has 5 nitrogen and oxygen atoms in total. The van der Waals surface area contributed by atoms with Crippen LogP contribution in [0.2, 0.25) is 0 Å². The number of hydrogen-bond acceptors (Lipinski definition) is 3. The summed E-state index contributed by atoms with van der Waals surface area (Å²) < 4.78 is 14.5. The first-order valence-electron chi connectivity index (χ1n) is 7.44. The highest BCUT2D eigenvalue weighted by molar-refractivity contribution is 6.09. The Hall–Kier alpha value is -3.72. The zero-order valence-electron chi connectivity index (χ0n) is 13.1. The third-order valence-electron chi connectivity index (χ3n) is 3.40. The second kappa shape index (κ2) is 7.23. The van der Waals surface area contributed by atoms with E-state index in [1.165, 1.54) is 30.3 Å². The molecule has 0 aliphatic rings. The van der Waals surface area contributed by atoms with Gasteiger partial charge >= 0.3 is 0 Å². The number of halogens is 1. The monoisotopic (exact) mass is 332 g/mol. The van der Waals surface area contributed by atoms with E-state index in [2.05, 4.69) is 10.4 Å². The number of nitrogens with one attached hydrogen (secondary N) is 1. The van der Waals surface area contributed by atoms with Crippen LogP contribution in [-0.4, -0.2) is 15.7 Å². The van der Waals surface area contributed by atoms with Crippen LogP contribution >= 0.6 is 0 Å². The summed E-state index contributed by atoms with van der Waals surface area (Å²) in [6.07, 6.45) is 4.73. The van der Waals surface area contributed by atoms with Crippen molar-refractivity contribution in [3.8, 4) is 11.8 Å². The Labute approximate surface area is 143 Å². The number of nitrogens with zero attached hydrogens (tertiary/aromatic N) is 3. The van der Waals surface area contributed by atoms with E-state index in [-0.39, 0.29) is 5.57 Å². The first kappa shape index (κ1) is 16.1. The molecule has 0 radical (unpaired) electrons. The number of nitriles is 1. The molecule has 25 heavy (non-hydrogen) atoms. The predicted molar refractivity (Wildman–Crippen MR) is 92.2 cm³/mol. The molecular formula is C19H13FN4O. The number of aromatic nitrogens is 2. The first-order valence-corrected chi connectivity index (χ1v) is 7.44. The molecule has 0 atom stereocenters. The number of rotatable bonds is 4. The Kier molecular flexibility index (Phi) is 4.67. The van der Waals surface area contributed by atoms with Gasteiger partial charge in [0.15, 0.2) is 0 Å². The number of carbonyl (C=O) groups is 1. The molecule has 1 amide bonds. The summed E-state index contributed by atoms with van der Waals surface area (Å²) in [7, 11) is 0. The molecular weight excluding hydrogens is 319 g/mol.